The molecule has 1 rings (SSSR count). The molecule has 0 unspecified atom stereocenters. The van der Waals surface area contributed by atoms with E-state index in [4.69, 9.17) is 14.6 Å². The van der Waals surface area contributed by atoms with Crippen molar-refractivity contribution in [2.75, 3.05) is 19.8 Å². The zero-order chi connectivity index (χ0) is 16.0. The number of rotatable bonds is 13. The van der Waals surface area contributed by atoms with Crippen molar-refractivity contribution in [2.45, 2.75) is 51.9 Å². The van der Waals surface area contributed by atoms with Gasteiger partial charge in [0.2, 0.25) is 0 Å². The highest BCUT2D eigenvalue weighted by Gasteiger charge is 1.99. The van der Waals surface area contributed by atoms with Crippen LogP contribution in [-0.4, -0.2) is 30.9 Å². The van der Waals surface area contributed by atoms with Crippen LogP contribution in [-0.2, 0) is 16.0 Å². The summed E-state index contributed by atoms with van der Waals surface area (Å²) in [7, 11) is 0. The van der Waals surface area contributed by atoms with Crippen LogP contribution in [0.15, 0.2) is 24.3 Å². The first-order valence-electron chi connectivity index (χ1n) is 8.23. The van der Waals surface area contributed by atoms with Gasteiger partial charge in [0, 0.05) is 0 Å². The van der Waals surface area contributed by atoms with Crippen molar-refractivity contribution in [3.05, 3.63) is 29.8 Å². The van der Waals surface area contributed by atoms with E-state index in [2.05, 4.69) is 19.1 Å². The highest BCUT2D eigenvalue weighted by atomic mass is 16.5. The number of ether oxygens (including phenoxy) is 2. The summed E-state index contributed by atoms with van der Waals surface area (Å²) in [6.07, 6.45) is 9.00. The Morgan fingerprint density at radius 1 is 1.00 bits per heavy atom. The van der Waals surface area contributed by atoms with Gasteiger partial charge in [-0.15, -0.1) is 0 Å². The topological polar surface area (TPSA) is 55.8 Å². The number of hydrogen-bond acceptors (Lipinski definition) is 3. The molecular weight excluding hydrogens is 280 g/mol. The van der Waals surface area contributed by atoms with Gasteiger partial charge in [-0.25, -0.2) is 4.79 Å². The van der Waals surface area contributed by atoms with E-state index in [0.29, 0.717) is 6.61 Å². The molecule has 0 spiro atoms. The van der Waals surface area contributed by atoms with Crippen LogP contribution in [0.25, 0.3) is 0 Å². The van der Waals surface area contributed by atoms with Gasteiger partial charge in [-0.3, -0.25) is 0 Å². The summed E-state index contributed by atoms with van der Waals surface area (Å²) >= 11 is 0. The molecule has 4 heteroatoms. The Kier molecular flexibility index (Phi) is 10.1. The quantitative estimate of drug-likeness (QED) is 0.558. The third-order valence-electron chi connectivity index (χ3n) is 3.46. The van der Waals surface area contributed by atoms with Gasteiger partial charge in [0.25, 0.3) is 0 Å². The van der Waals surface area contributed by atoms with Crippen molar-refractivity contribution < 1.29 is 19.4 Å². The average molecular weight is 308 g/mol. The molecule has 0 amide bonds. The second-order valence-electron chi connectivity index (χ2n) is 5.46. The molecule has 0 saturated carbocycles. The normalized spacial score (nSPS) is 10.6. The first kappa shape index (κ1) is 18.5. The predicted octanol–water partition coefficient (Wildman–Crippen LogP) is 4.07. The Morgan fingerprint density at radius 2 is 1.68 bits per heavy atom. The fourth-order valence-electron chi connectivity index (χ4n) is 2.24. The lowest BCUT2D eigenvalue weighted by Gasteiger charge is -2.07. The molecule has 1 aromatic rings. The van der Waals surface area contributed by atoms with E-state index in [0.717, 1.165) is 12.2 Å². The van der Waals surface area contributed by atoms with Crippen LogP contribution < -0.4 is 4.74 Å². The smallest absolute Gasteiger partial charge is 0.329 e. The van der Waals surface area contributed by atoms with Crippen LogP contribution in [0.2, 0.25) is 0 Å². The Bertz CT molecular complexity index is 400. The molecule has 0 atom stereocenters. The van der Waals surface area contributed by atoms with Crippen molar-refractivity contribution in [1.29, 1.82) is 0 Å². The van der Waals surface area contributed by atoms with E-state index in [1.54, 1.807) is 0 Å². The maximum atomic E-state index is 10.3. The van der Waals surface area contributed by atoms with E-state index in [1.807, 2.05) is 12.1 Å². The summed E-state index contributed by atoms with van der Waals surface area (Å²) in [6, 6.07) is 8.12. The van der Waals surface area contributed by atoms with Crippen LogP contribution in [0, 0.1) is 0 Å². The van der Waals surface area contributed by atoms with E-state index in [1.165, 1.54) is 44.1 Å². The first-order chi connectivity index (χ1) is 10.7. The highest BCUT2D eigenvalue weighted by molar-refractivity contribution is 5.67. The van der Waals surface area contributed by atoms with Crippen LogP contribution in [0.5, 0.6) is 5.75 Å². The summed E-state index contributed by atoms with van der Waals surface area (Å²) in [5, 5.41) is 8.43. The Labute approximate surface area is 133 Å². The molecule has 0 aliphatic rings. The molecule has 0 heterocycles. The standard InChI is InChI=1S/C18H28O4/c1-2-3-4-5-6-7-8-16-9-11-17(12-10-16)22-14-13-21-15-18(19)20/h9-12H,2-8,13-15H2,1H3,(H,19,20). The van der Waals surface area contributed by atoms with Gasteiger partial charge in [0.05, 0.1) is 6.61 Å². The maximum Gasteiger partial charge on any atom is 0.329 e. The van der Waals surface area contributed by atoms with Gasteiger partial charge in [-0.05, 0) is 30.5 Å². The van der Waals surface area contributed by atoms with Gasteiger partial charge in [0.15, 0.2) is 0 Å². The molecule has 1 aromatic carbocycles. The lowest BCUT2D eigenvalue weighted by Crippen LogP contribution is -2.12. The predicted molar refractivity (Wildman–Crippen MR) is 87.5 cm³/mol. The summed E-state index contributed by atoms with van der Waals surface area (Å²) < 4.78 is 10.4. The maximum absolute atomic E-state index is 10.3. The number of hydrogen-bond donors (Lipinski definition) is 1. The van der Waals surface area contributed by atoms with E-state index >= 15 is 0 Å². The average Bonchev–Trinajstić information content (AvgIpc) is 2.51. The molecule has 1 N–H and O–H groups in total. The van der Waals surface area contributed by atoms with Crippen molar-refractivity contribution in [3.8, 4) is 5.75 Å². The van der Waals surface area contributed by atoms with Gasteiger partial charge in [0.1, 0.15) is 19.0 Å². The molecule has 124 valence electrons. The molecule has 0 saturated heterocycles. The SMILES string of the molecule is CCCCCCCCc1ccc(OCCOCC(=O)O)cc1. The molecule has 0 aliphatic heterocycles. The van der Waals surface area contributed by atoms with E-state index < -0.39 is 5.97 Å². The molecule has 0 bridgehead atoms. The largest absolute Gasteiger partial charge is 0.491 e. The monoisotopic (exact) mass is 308 g/mol. The Morgan fingerprint density at radius 3 is 2.36 bits per heavy atom. The highest BCUT2D eigenvalue weighted by Crippen LogP contribution is 2.15. The van der Waals surface area contributed by atoms with Crippen molar-refractivity contribution in [3.63, 3.8) is 0 Å². The summed E-state index contributed by atoms with van der Waals surface area (Å²) in [6.45, 7) is 2.61. The number of aliphatic carboxylic acids is 1. The molecule has 0 fully saturated rings. The lowest BCUT2D eigenvalue weighted by atomic mass is 10.0. The summed E-state index contributed by atoms with van der Waals surface area (Å²) in [5.41, 5.74) is 1.34. The third kappa shape index (κ3) is 9.40. The van der Waals surface area contributed by atoms with E-state index in [9.17, 15) is 4.79 Å². The second-order valence-corrected chi connectivity index (χ2v) is 5.46. The summed E-state index contributed by atoms with van der Waals surface area (Å²) in [5.74, 6) is -0.162. The Hall–Kier alpha value is -1.55. The molecule has 22 heavy (non-hydrogen) atoms. The number of unbranched alkanes of at least 4 members (excludes halogenated alkanes) is 5. The van der Waals surface area contributed by atoms with Crippen LogP contribution in [0.1, 0.15) is 51.0 Å². The fraction of sp³-hybridized carbons (Fsp3) is 0.611. The number of aryl methyl sites for hydroxylation is 1. The third-order valence-corrected chi connectivity index (χ3v) is 3.46. The molecule has 0 radical (unpaired) electrons. The summed E-state index contributed by atoms with van der Waals surface area (Å²) in [4.78, 5) is 10.3. The number of carboxylic acid groups (broad SMARTS) is 1. The number of carbonyl (C=O) groups is 1. The first-order valence-corrected chi connectivity index (χ1v) is 8.23. The number of benzene rings is 1. The molecule has 4 nitrogen and oxygen atoms in total. The minimum absolute atomic E-state index is 0.277. The number of carboxylic acids is 1. The van der Waals surface area contributed by atoms with E-state index in [-0.39, 0.29) is 13.2 Å². The van der Waals surface area contributed by atoms with Gasteiger partial charge in [-0.2, -0.15) is 0 Å². The zero-order valence-corrected chi connectivity index (χ0v) is 13.6. The molecule has 0 aliphatic carbocycles. The second kappa shape index (κ2) is 12.0. The van der Waals surface area contributed by atoms with Gasteiger partial charge in [-0.1, -0.05) is 51.2 Å². The minimum Gasteiger partial charge on any atom is -0.491 e. The van der Waals surface area contributed by atoms with Gasteiger partial charge < -0.3 is 14.6 Å². The van der Waals surface area contributed by atoms with Crippen LogP contribution in [0.3, 0.4) is 0 Å². The van der Waals surface area contributed by atoms with Crippen LogP contribution in [0.4, 0.5) is 0 Å². The van der Waals surface area contributed by atoms with Crippen molar-refractivity contribution >= 4 is 5.97 Å². The van der Waals surface area contributed by atoms with Crippen LogP contribution >= 0.6 is 0 Å². The van der Waals surface area contributed by atoms with Gasteiger partial charge >= 0.3 is 5.97 Å². The Balaban J connectivity index is 2.10. The lowest BCUT2D eigenvalue weighted by molar-refractivity contribution is -0.142. The zero-order valence-electron chi connectivity index (χ0n) is 13.6. The fourth-order valence-corrected chi connectivity index (χ4v) is 2.24. The molecular formula is C18H28O4. The minimum atomic E-state index is -0.959. The molecule has 0 aromatic heterocycles. The van der Waals surface area contributed by atoms with Crippen molar-refractivity contribution in [2.24, 2.45) is 0 Å². The van der Waals surface area contributed by atoms with Crippen molar-refractivity contribution in [1.82, 2.24) is 0 Å².